The minimum Gasteiger partial charge on any atom is -0.331 e. The van der Waals surface area contributed by atoms with Crippen LogP contribution in [0.5, 0.6) is 0 Å². The molecular formula is C29H32FN3O. The number of likely N-dealkylation sites (tertiary alicyclic amines) is 1. The number of benzene rings is 2. The zero-order valence-electron chi connectivity index (χ0n) is 19.5. The molecule has 3 aromatic rings. The van der Waals surface area contributed by atoms with Gasteiger partial charge >= 0.3 is 0 Å². The van der Waals surface area contributed by atoms with Gasteiger partial charge in [0.05, 0.1) is 0 Å². The quantitative estimate of drug-likeness (QED) is 0.458. The summed E-state index contributed by atoms with van der Waals surface area (Å²) >= 11 is 0. The summed E-state index contributed by atoms with van der Waals surface area (Å²) in [5.41, 5.74) is 2.55. The second-order valence-electron chi connectivity index (χ2n) is 9.62. The van der Waals surface area contributed by atoms with Crippen LogP contribution in [-0.2, 0) is 13.0 Å². The second kappa shape index (κ2) is 10.5. The van der Waals surface area contributed by atoms with E-state index in [1.165, 1.54) is 11.6 Å². The Kier molecular flexibility index (Phi) is 7.00. The molecule has 1 aliphatic heterocycles. The summed E-state index contributed by atoms with van der Waals surface area (Å²) in [6, 6.07) is 23.6. The number of hydrogen-bond donors (Lipinski definition) is 0. The van der Waals surface area contributed by atoms with Crippen LogP contribution < -0.4 is 0 Å². The second-order valence-corrected chi connectivity index (χ2v) is 9.62. The monoisotopic (exact) mass is 457 g/mol. The summed E-state index contributed by atoms with van der Waals surface area (Å²) in [4.78, 5) is 22.5. The third-order valence-corrected chi connectivity index (χ3v) is 7.23. The number of carbonyl (C=O) groups excluding carboxylic acids is 1. The molecule has 2 fully saturated rings. The molecule has 1 saturated heterocycles. The van der Waals surface area contributed by atoms with Gasteiger partial charge < -0.3 is 4.90 Å². The van der Waals surface area contributed by atoms with Gasteiger partial charge in [0.1, 0.15) is 11.5 Å². The van der Waals surface area contributed by atoms with E-state index >= 15 is 0 Å². The topological polar surface area (TPSA) is 36.4 Å². The van der Waals surface area contributed by atoms with E-state index in [9.17, 15) is 9.18 Å². The van der Waals surface area contributed by atoms with Gasteiger partial charge in [-0.05, 0) is 74.9 Å². The predicted octanol–water partition coefficient (Wildman–Crippen LogP) is 5.35. The first kappa shape index (κ1) is 22.7. The first-order valence-corrected chi connectivity index (χ1v) is 12.4. The number of halogens is 1. The van der Waals surface area contributed by atoms with E-state index in [1.807, 2.05) is 36.4 Å². The summed E-state index contributed by atoms with van der Waals surface area (Å²) in [6.07, 6.45) is 6.70. The van der Waals surface area contributed by atoms with Crippen molar-refractivity contribution >= 4 is 5.91 Å². The van der Waals surface area contributed by atoms with Crippen molar-refractivity contribution in [2.45, 2.75) is 50.7 Å². The maximum Gasteiger partial charge on any atom is 0.272 e. The number of carbonyl (C=O) groups is 1. The molecule has 5 rings (SSSR count). The van der Waals surface area contributed by atoms with Crippen molar-refractivity contribution in [1.82, 2.24) is 14.8 Å². The summed E-state index contributed by atoms with van der Waals surface area (Å²) in [5, 5.41) is 0. The molecule has 2 aliphatic rings. The van der Waals surface area contributed by atoms with E-state index in [-0.39, 0.29) is 17.8 Å². The first-order chi connectivity index (χ1) is 16.7. The Morgan fingerprint density at radius 3 is 2.32 bits per heavy atom. The van der Waals surface area contributed by atoms with Crippen LogP contribution in [0.1, 0.15) is 47.3 Å². The van der Waals surface area contributed by atoms with E-state index in [1.54, 1.807) is 12.3 Å². The Hall–Kier alpha value is -3.05. The molecule has 5 heteroatoms. The van der Waals surface area contributed by atoms with E-state index in [0.717, 1.165) is 50.8 Å². The Labute approximate surface area is 201 Å². The molecule has 1 aliphatic carbocycles. The van der Waals surface area contributed by atoms with Gasteiger partial charge in [-0.3, -0.25) is 14.7 Å². The lowest BCUT2D eigenvalue weighted by molar-refractivity contribution is 0.0476. The Balaban J connectivity index is 1.35. The van der Waals surface area contributed by atoms with Crippen LogP contribution in [0.15, 0.2) is 79.0 Å². The van der Waals surface area contributed by atoms with E-state index in [4.69, 9.17) is 0 Å². The number of nitrogens with zero attached hydrogens (tertiary/aromatic N) is 3. The van der Waals surface area contributed by atoms with E-state index < -0.39 is 0 Å². The van der Waals surface area contributed by atoms with Gasteiger partial charge in [-0.15, -0.1) is 0 Å². The van der Waals surface area contributed by atoms with Crippen molar-refractivity contribution in [1.29, 1.82) is 0 Å². The van der Waals surface area contributed by atoms with Gasteiger partial charge in [0.15, 0.2) is 0 Å². The third-order valence-electron chi connectivity index (χ3n) is 7.23. The average Bonchev–Trinajstić information content (AvgIpc) is 3.72. The molecule has 34 heavy (non-hydrogen) atoms. The predicted molar refractivity (Wildman–Crippen MR) is 132 cm³/mol. The lowest BCUT2D eigenvalue weighted by atomic mass is 9.84. The highest BCUT2D eigenvalue weighted by atomic mass is 19.1. The van der Waals surface area contributed by atoms with Crippen LogP contribution in [0.4, 0.5) is 4.39 Å². The van der Waals surface area contributed by atoms with Gasteiger partial charge in [-0.1, -0.05) is 54.6 Å². The Morgan fingerprint density at radius 2 is 1.65 bits per heavy atom. The molecule has 176 valence electrons. The molecule has 1 atom stereocenters. The zero-order valence-corrected chi connectivity index (χ0v) is 19.5. The summed E-state index contributed by atoms with van der Waals surface area (Å²) in [6.45, 7) is 2.48. The van der Waals surface area contributed by atoms with E-state index in [2.05, 4.69) is 39.0 Å². The molecule has 0 radical (unpaired) electrons. The maximum atomic E-state index is 14.2. The smallest absolute Gasteiger partial charge is 0.272 e. The van der Waals surface area contributed by atoms with Crippen molar-refractivity contribution in [3.05, 3.63) is 102 Å². The zero-order chi connectivity index (χ0) is 23.3. The largest absolute Gasteiger partial charge is 0.331 e. The van der Waals surface area contributed by atoms with Crippen molar-refractivity contribution in [2.24, 2.45) is 5.92 Å². The molecule has 1 aromatic heterocycles. The summed E-state index contributed by atoms with van der Waals surface area (Å²) < 4.78 is 14.2. The molecule has 0 bridgehead atoms. The van der Waals surface area contributed by atoms with Gasteiger partial charge in [-0.25, -0.2) is 4.39 Å². The number of rotatable bonds is 8. The maximum absolute atomic E-state index is 14.2. The molecule has 0 spiro atoms. The van der Waals surface area contributed by atoms with Gasteiger partial charge in [0.25, 0.3) is 5.91 Å². The fraction of sp³-hybridized carbons (Fsp3) is 0.379. The summed E-state index contributed by atoms with van der Waals surface area (Å²) in [5.74, 6) is 0.329. The van der Waals surface area contributed by atoms with Crippen LogP contribution in [0, 0.1) is 11.7 Å². The van der Waals surface area contributed by atoms with Crippen LogP contribution >= 0.6 is 0 Å². The number of amides is 1. The van der Waals surface area contributed by atoms with Crippen molar-refractivity contribution < 1.29 is 9.18 Å². The fourth-order valence-corrected chi connectivity index (χ4v) is 5.27. The van der Waals surface area contributed by atoms with Gasteiger partial charge in [0, 0.05) is 30.4 Å². The highest BCUT2D eigenvalue weighted by Gasteiger charge is 2.42. The average molecular weight is 458 g/mol. The van der Waals surface area contributed by atoms with Crippen LogP contribution in [0.3, 0.4) is 0 Å². The summed E-state index contributed by atoms with van der Waals surface area (Å²) in [7, 11) is 0. The normalized spacial score (nSPS) is 17.9. The van der Waals surface area contributed by atoms with E-state index in [0.29, 0.717) is 24.2 Å². The molecule has 1 unspecified atom stereocenters. The van der Waals surface area contributed by atoms with Crippen LogP contribution in [-0.4, -0.2) is 45.9 Å². The minimum atomic E-state index is -0.132. The van der Waals surface area contributed by atoms with Gasteiger partial charge in [-0.2, -0.15) is 0 Å². The fourth-order valence-electron chi connectivity index (χ4n) is 5.27. The highest BCUT2D eigenvalue weighted by Crippen LogP contribution is 2.36. The molecular weight excluding hydrogens is 425 g/mol. The Bertz CT molecular complexity index is 1080. The highest BCUT2D eigenvalue weighted by molar-refractivity contribution is 5.93. The molecule has 2 aromatic carbocycles. The number of pyridine rings is 1. The molecule has 0 N–H and O–H groups in total. The van der Waals surface area contributed by atoms with Crippen molar-refractivity contribution in [3.8, 4) is 0 Å². The molecule has 1 saturated carbocycles. The van der Waals surface area contributed by atoms with Gasteiger partial charge in [0.2, 0.25) is 0 Å². The Morgan fingerprint density at radius 1 is 0.941 bits per heavy atom. The number of aromatic nitrogens is 1. The van der Waals surface area contributed by atoms with Crippen LogP contribution in [0.2, 0.25) is 0 Å². The van der Waals surface area contributed by atoms with Crippen LogP contribution in [0.25, 0.3) is 0 Å². The standard InChI is InChI=1S/C29H32FN3O/c30-26-11-5-4-10-24(26)21-32-18-15-23(16-19-32)28(20-22-8-2-1-3-9-22)33(25-13-14-25)29(34)27-12-6-7-17-31-27/h1-12,17,23,25,28H,13-16,18-21H2. The molecule has 1 amide bonds. The number of piperidine rings is 1. The minimum absolute atomic E-state index is 0.0535. The molecule has 4 nitrogen and oxygen atoms in total. The third kappa shape index (κ3) is 5.36. The SMILES string of the molecule is O=C(c1ccccn1)N(C1CC1)C(Cc1ccccc1)C1CCN(Cc2ccccc2F)CC1. The van der Waals surface area contributed by atoms with Crippen molar-refractivity contribution in [3.63, 3.8) is 0 Å². The number of hydrogen-bond acceptors (Lipinski definition) is 3. The van der Waals surface area contributed by atoms with Crippen molar-refractivity contribution in [2.75, 3.05) is 13.1 Å². The lowest BCUT2D eigenvalue weighted by Crippen LogP contribution is -2.50. The first-order valence-electron chi connectivity index (χ1n) is 12.4. The lowest BCUT2D eigenvalue weighted by Gasteiger charge is -2.42. The molecule has 2 heterocycles.